The summed E-state index contributed by atoms with van der Waals surface area (Å²) in [6, 6.07) is 1.45. The Morgan fingerprint density at radius 3 is 2.65 bits per heavy atom. The molecule has 4 nitrogen and oxygen atoms in total. The molecule has 0 fully saturated rings. The second-order valence-corrected chi connectivity index (χ2v) is 3.27. The lowest BCUT2D eigenvalue weighted by Crippen LogP contribution is -2.05. The summed E-state index contributed by atoms with van der Waals surface area (Å²) in [6.45, 7) is 0. The van der Waals surface area contributed by atoms with Gasteiger partial charge in [-0.05, 0) is 6.07 Å². The average Bonchev–Trinajstić information content (AvgIpc) is 2.77. The van der Waals surface area contributed by atoms with E-state index in [4.69, 9.17) is 4.74 Å². The molecule has 1 N–H and O–H groups in total. The molecule has 0 saturated heterocycles. The molecule has 90 valence electrons. The molecule has 2 aromatic heterocycles. The molecule has 0 aliphatic heterocycles. The van der Waals surface area contributed by atoms with E-state index in [2.05, 4.69) is 15.2 Å². The van der Waals surface area contributed by atoms with Gasteiger partial charge in [-0.1, -0.05) is 0 Å². The van der Waals surface area contributed by atoms with E-state index < -0.39 is 11.7 Å². The first-order valence-corrected chi connectivity index (χ1v) is 4.62. The minimum atomic E-state index is -4.45. The van der Waals surface area contributed by atoms with E-state index in [0.29, 0.717) is 5.75 Å². The molecule has 0 atom stereocenters. The molecule has 0 unspecified atom stereocenters. The van der Waals surface area contributed by atoms with Crippen molar-refractivity contribution in [2.24, 2.45) is 0 Å². The third kappa shape index (κ3) is 2.22. The van der Waals surface area contributed by atoms with Crippen molar-refractivity contribution < 1.29 is 17.9 Å². The predicted octanol–water partition coefficient (Wildman–Crippen LogP) is 2.50. The number of aromatic nitrogens is 3. The third-order valence-electron chi connectivity index (χ3n) is 2.18. The molecule has 0 amide bonds. The molecule has 0 radical (unpaired) electrons. The van der Waals surface area contributed by atoms with E-state index in [9.17, 15) is 13.2 Å². The zero-order chi connectivity index (χ0) is 12.5. The van der Waals surface area contributed by atoms with Crippen molar-refractivity contribution in [3.63, 3.8) is 0 Å². The number of aromatic amines is 1. The predicted molar refractivity (Wildman–Crippen MR) is 53.4 cm³/mol. The normalized spacial score (nSPS) is 11.5. The standard InChI is InChI=1S/C10H8F3N3O/c1-17-7-2-6(3-14-4-7)9-8(5-15-16-9)10(11,12)13/h2-5H,1H3,(H,15,16). The van der Waals surface area contributed by atoms with E-state index >= 15 is 0 Å². The number of hydrogen-bond acceptors (Lipinski definition) is 3. The molecule has 0 aliphatic rings. The highest BCUT2D eigenvalue weighted by atomic mass is 19.4. The maximum atomic E-state index is 12.6. The zero-order valence-electron chi connectivity index (χ0n) is 8.75. The summed E-state index contributed by atoms with van der Waals surface area (Å²) in [5.41, 5.74) is -0.675. The van der Waals surface area contributed by atoms with E-state index in [0.717, 1.165) is 6.20 Å². The molecule has 0 spiro atoms. The summed E-state index contributed by atoms with van der Waals surface area (Å²) >= 11 is 0. The van der Waals surface area contributed by atoms with Crippen LogP contribution in [0.15, 0.2) is 24.7 Å². The van der Waals surface area contributed by atoms with Gasteiger partial charge in [-0.3, -0.25) is 10.1 Å². The van der Waals surface area contributed by atoms with Crippen LogP contribution in [0.1, 0.15) is 5.56 Å². The molecule has 2 aromatic rings. The van der Waals surface area contributed by atoms with Gasteiger partial charge in [-0.25, -0.2) is 0 Å². The van der Waals surface area contributed by atoms with Gasteiger partial charge in [0.25, 0.3) is 0 Å². The van der Waals surface area contributed by atoms with Crippen molar-refractivity contribution in [1.29, 1.82) is 0 Å². The Kier molecular flexibility index (Phi) is 2.74. The van der Waals surface area contributed by atoms with E-state index in [1.807, 2.05) is 0 Å². The van der Waals surface area contributed by atoms with Crippen molar-refractivity contribution in [2.75, 3.05) is 7.11 Å². The molecule has 0 aromatic carbocycles. The number of rotatable bonds is 2. The number of ether oxygens (including phenoxy) is 1. The maximum absolute atomic E-state index is 12.6. The maximum Gasteiger partial charge on any atom is 0.420 e. The molecule has 2 rings (SSSR count). The first-order valence-electron chi connectivity index (χ1n) is 4.62. The van der Waals surface area contributed by atoms with Gasteiger partial charge in [0.05, 0.1) is 25.2 Å². The fourth-order valence-corrected chi connectivity index (χ4v) is 1.39. The number of hydrogen-bond donors (Lipinski definition) is 1. The Balaban J connectivity index is 2.50. The fraction of sp³-hybridized carbons (Fsp3) is 0.200. The average molecular weight is 243 g/mol. The van der Waals surface area contributed by atoms with Crippen LogP contribution in [-0.4, -0.2) is 22.3 Å². The van der Waals surface area contributed by atoms with Crippen molar-refractivity contribution in [1.82, 2.24) is 15.2 Å². The number of nitrogens with one attached hydrogen (secondary N) is 1. The van der Waals surface area contributed by atoms with Crippen LogP contribution in [0.2, 0.25) is 0 Å². The van der Waals surface area contributed by atoms with Gasteiger partial charge >= 0.3 is 6.18 Å². The molecule has 2 heterocycles. The first kappa shape index (κ1) is 11.4. The number of pyridine rings is 1. The topological polar surface area (TPSA) is 50.8 Å². The van der Waals surface area contributed by atoms with Crippen molar-refractivity contribution in [2.45, 2.75) is 6.18 Å². The molecule has 0 saturated carbocycles. The lowest BCUT2D eigenvalue weighted by molar-refractivity contribution is -0.137. The molecule has 7 heteroatoms. The summed E-state index contributed by atoms with van der Waals surface area (Å²) in [7, 11) is 1.42. The highest BCUT2D eigenvalue weighted by Crippen LogP contribution is 2.35. The van der Waals surface area contributed by atoms with E-state index in [1.165, 1.54) is 25.6 Å². The Labute approximate surface area is 94.4 Å². The monoisotopic (exact) mass is 243 g/mol. The van der Waals surface area contributed by atoms with Gasteiger partial charge in [-0.2, -0.15) is 18.3 Å². The van der Waals surface area contributed by atoms with Crippen LogP contribution in [0, 0.1) is 0 Å². The van der Waals surface area contributed by atoms with E-state index in [1.54, 1.807) is 0 Å². The molecule has 0 aliphatic carbocycles. The second-order valence-electron chi connectivity index (χ2n) is 3.27. The summed E-state index contributed by atoms with van der Waals surface area (Å²) in [5.74, 6) is 0.380. The van der Waals surface area contributed by atoms with Gasteiger partial charge < -0.3 is 4.74 Å². The van der Waals surface area contributed by atoms with Crippen LogP contribution in [0.5, 0.6) is 5.75 Å². The van der Waals surface area contributed by atoms with Crippen molar-refractivity contribution >= 4 is 0 Å². The number of H-pyrrole nitrogens is 1. The van der Waals surface area contributed by atoms with Crippen molar-refractivity contribution in [3.05, 3.63) is 30.2 Å². The number of methoxy groups -OCH3 is 1. The molecule has 17 heavy (non-hydrogen) atoms. The summed E-state index contributed by atoms with van der Waals surface area (Å²) < 4.78 is 42.8. The lowest BCUT2D eigenvalue weighted by Gasteiger charge is -2.07. The van der Waals surface area contributed by atoms with Gasteiger partial charge in [0, 0.05) is 11.8 Å². The first-order chi connectivity index (χ1) is 8.02. The number of alkyl halides is 3. The summed E-state index contributed by atoms with van der Waals surface area (Å²) in [4.78, 5) is 3.79. The van der Waals surface area contributed by atoms with Crippen LogP contribution in [0.4, 0.5) is 13.2 Å². The van der Waals surface area contributed by atoms with Gasteiger partial charge in [-0.15, -0.1) is 0 Å². The van der Waals surface area contributed by atoms with Crippen molar-refractivity contribution in [3.8, 4) is 17.0 Å². The minimum absolute atomic E-state index is 0.121. The highest BCUT2D eigenvalue weighted by Gasteiger charge is 2.35. The van der Waals surface area contributed by atoms with Crippen LogP contribution >= 0.6 is 0 Å². The summed E-state index contributed by atoms with van der Waals surface area (Å²) in [6.07, 6.45) is -0.987. The number of halogens is 3. The quantitative estimate of drug-likeness (QED) is 0.881. The highest BCUT2D eigenvalue weighted by molar-refractivity contribution is 5.63. The summed E-state index contributed by atoms with van der Waals surface area (Å²) in [5, 5.41) is 5.72. The van der Waals surface area contributed by atoms with Crippen LogP contribution in [-0.2, 0) is 6.18 Å². The van der Waals surface area contributed by atoms with Crippen LogP contribution in [0.3, 0.4) is 0 Å². The van der Waals surface area contributed by atoms with Crippen LogP contribution in [0.25, 0.3) is 11.3 Å². The van der Waals surface area contributed by atoms with Gasteiger partial charge in [0.1, 0.15) is 11.3 Å². The smallest absolute Gasteiger partial charge is 0.420 e. The fourth-order valence-electron chi connectivity index (χ4n) is 1.39. The number of nitrogens with zero attached hydrogens (tertiary/aromatic N) is 2. The Morgan fingerprint density at radius 1 is 1.24 bits per heavy atom. The molecular formula is C10H8F3N3O. The third-order valence-corrected chi connectivity index (χ3v) is 2.18. The zero-order valence-corrected chi connectivity index (χ0v) is 8.75. The largest absolute Gasteiger partial charge is 0.495 e. The lowest BCUT2D eigenvalue weighted by atomic mass is 10.1. The minimum Gasteiger partial charge on any atom is -0.495 e. The molecule has 0 bridgehead atoms. The Morgan fingerprint density at radius 2 is 2.00 bits per heavy atom. The molecular weight excluding hydrogens is 235 g/mol. The SMILES string of the molecule is COc1cncc(-c2[nH]ncc2C(F)(F)F)c1. The Hall–Kier alpha value is -2.05. The van der Waals surface area contributed by atoms with Gasteiger partial charge in [0.2, 0.25) is 0 Å². The second kappa shape index (κ2) is 4.08. The Bertz CT molecular complexity index is 522. The van der Waals surface area contributed by atoms with E-state index in [-0.39, 0.29) is 11.3 Å². The van der Waals surface area contributed by atoms with Gasteiger partial charge in [0.15, 0.2) is 0 Å². The van der Waals surface area contributed by atoms with Crippen LogP contribution < -0.4 is 4.74 Å².